The fourth-order valence-electron chi connectivity index (χ4n) is 2.86. The maximum absolute atomic E-state index is 5.46. The minimum Gasteiger partial charge on any atom is -0.454 e. The lowest BCUT2D eigenvalue weighted by Gasteiger charge is -2.35. The molecule has 0 amide bonds. The summed E-state index contributed by atoms with van der Waals surface area (Å²) >= 11 is 3.54. The lowest BCUT2D eigenvalue weighted by molar-refractivity contribution is 0.168. The van der Waals surface area contributed by atoms with Gasteiger partial charge in [0.1, 0.15) is 0 Å². The number of halogens is 1. The number of nitrogens with zero attached hydrogens (tertiary/aromatic N) is 1. The van der Waals surface area contributed by atoms with Crippen LogP contribution in [0.25, 0.3) is 0 Å². The van der Waals surface area contributed by atoms with Gasteiger partial charge < -0.3 is 19.7 Å². The zero-order chi connectivity index (χ0) is 14.1. The van der Waals surface area contributed by atoms with E-state index in [4.69, 9.17) is 9.47 Å². The highest BCUT2D eigenvalue weighted by atomic mass is 79.9. The molecule has 20 heavy (non-hydrogen) atoms. The lowest BCUT2D eigenvalue weighted by atomic mass is 9.98. The molecule has 1 N–H and O–H groups in total. The van der Waals surface area contributed by atoms with Crippen LogP contribution in [0.1, 0.15) is 25.3 Å². The van der Waals surface area contributed by atoms with E-state index in [1.807, 2.05) is 0 Å². The van der Waals surface area contributed by atoms with Crippen molar-refractivity contribution >= 4 is 15.9 Å². The van der Waals surface area contributed by atoms with E-state index < -0.39 is 0 Å². The van der Waals surface area contributed by atoms with Crippen LogP contribution in [-0.4, -0.2) is 37.4 Å². The van der Waals surface area contributed by atoms with Gasteiger partial charge in [0.05, 0.1) is 4.47 Å². The molecule has 3 rings (SSSR count). The quantitative estimate of drug-likeness (QED) is 0.917. The largest absolute Gasteiger partial charge is 0.454 e. The van der Waals surface area contributed by atoms with E-state index in [0.29, 0.717) is 18.9 Å². The standard InChI is InChI=1S/C15H21BrN2O2/c1-10-5-12(3-4-18(10)2)17-8-11-6-13(16)15-14(7-11)19-9-20-15/h6-7,10,12,17H,3-5,8-9H2,1-2H3. The van der Waals surface area contributed by atoms with Crippen LogP contribution in [0.15, 0.2) is 16.6 Å². The summed E-state index contributed by atoms with van der Waals surface area (Å²) in [6.45, 7) is 4.66. The third-order valence-electron chi connectivity index (χ3n) is 4.29. The summed E-state index contributed by atoms with van der Waals surface area (Å²) in [4.78, 5) is 2.43. The first kappa shape index (κ1) is 14.2. The molecule has 2 atom stereocenters. The Morgan fingerprint density at radius 2 is 2.25 bits per heavy atom. The molecule has 0 aromatic heterocycles. The molecule has 2 unspecified atom stereocenters. The Labute approximate surface area is 128 Å². The highest BCUT2D eigenvalue weighted by molar-refractivity contribution is 9.10. The zero-order valence-corrected chi connectivity index (χ0v) is 13.6. The van der Waals surface area contributed by atoms with Crippen LogP contribution < -0.4 is 14.8 Å². The van der Waals surface area contributed by atoms with E-state index in [9.17, 15) is 0 Å². The fourth-order valence-corrected chi connectivity index (χ4v) is 3.46. The van der Waals surface area contributed by atoms with Crippen molar-refractivity contribution in [2.45, 2.75) is 38.4 Å². The summed E-state index contributed by atoms with van der Waals surface area (Å²) in [5.41, 5.74) is 1.23. The zero-order valence-electron chi connectivity index (χ0n) is 12.0. The fraction of sp³-hybridized carbons (Fsp3) is 0.600. The Hall–Kier alpha value is -0.780. The van der Waals surface area contributed by atoms with Crippen LogP contribution >= 0.6 is 15.9 Å². The Balaban J connectivity index is 1.60. The van der Waals surface area contributed by atoms with Gasteiger partial charge in [-0.1, -0.05) is 0 Å². The van der Waals surface area contributed by atoms with Gasteiger partial charge in [0, 0.05) is 18.6 Å². The number of ether oxygens (including phenoxy) is 2. The number of benzene rings is 1. The van der Waals surface area contributed by atoms with Crippen molar-refractivity contribution in [2.24, 2.45) is 0 Å². The third kappa shape index (κ3) is 2.95. The maximum Gasteiger partial charge on any atom is 0.231 e. The van der Waals surface area contributed by atoms with Crippen LogP contribution in [-0.2, 0) is 6.54 Å². The second-order valence-corrected chi connectivity index (χ2v) is 6.60. The van der Waals surface area contributed by atoms with Gasteiger partial charge in [-0.05, 0) is 67.0 Å². The van der Waals surface area contributed by atoms with Gasteiger partial charge in [0.15, 0.2) is 11.5 Å². The van der Waals surface area contributed by atoms with Crippen molar-refractivity contribution in [3.8, 4) is 11.5 Å². The molecule has 0 saturated carbocycles. The van der Waals surface area contributed by atoms with Gasteiger partial charge in [-0.25, -0.2) is 0 Å². The number of hydrogen-bond donors (Lipinski definition) is 1. The molecule has 110 valence electrons. The van der Waals surface area contributed by atoms with Crippen molar-refractivity contribution in [1.82, 2.24) is 10.2 Å². The van der Waals surface area contributed by atoms with E-state index in [1.54, 1.807) is 0 Å². The van der Waals surface area contributed by atoms with Crippen molar-refractivity contribution in [3.63, 3.8) is 0 Å². The minimum atomic E-state index is 0.317. The third-order valence-corrected chi connectivity index (χ3v) is 4.88. The number of nitrogens with one attached hydrogen (secondary N) is 1. The predicted octanol–water partition coefficient (Wildman–Crippen LogP) is 2.75. The summed E-state index contributed by atoms with van der Waals surface area (Å²) < 4.78 is 11.8. The van der Waals surface area contributed by atoms with Gasteiger partial charge in [-0.15, -0.1) is 0 Å². The highest BCUT2D eigenvalue weighted by Gasteiger charge is 2.23. The summed E-state index contributed by atoms with van der Waals surface area (Å²) in [5.74, 6) is 1.66. The van der Waals surface area contributed by atoms with Crippen molar-refractivity contribution in [1.29, 1.82) is 0 Å². The van der Waals surface area contributed by atoms with E-state index >= 15 is 0 Å². The molecule has 0 aliphatic carbocycles. The van der Waals surface area contributed by atoms with Gasteiger partial charge in [-0.3, -0.25) is 0 Å². The maximum atomic E-state index is 5.46. The van der Waals surface area contributed by atoms with Crippen molar-refractivity contribution in [2.75, 3.05) is 20.4 Å². The smallest absolute Gasteiger partial charge is 0.231 e. The Morgan fingerprint density at radius 1 is 1.40 bits per heavy atom. The number of hydrogen-bond acceptors (Lipinski definition) is 4. The average molecular weight is 341 g/mol. The number of fused-ring (bicyclic) bond motifs is 1. The first-order valence-electron chi connectivity index (χ1n) is 7.15. The van der Waals surface area contributed by atoms with Crippen LogP contribution in [0.3, 0.4) is 0 Å². The van der Waals surface area contributed by atoms with Gasteiger partial charge in [0.25, 0.3) is 0 Å². The summed E-state index contributed by atoms with van der Waals surface area (Å²) in [6.07, 6.45) is 2.43. The molecule has 0 spiro atoms. The molecule has 2 heterocycles. The second-order valence-electron chi connectivity index (χ2n) is 5.74. The average Bonchev–Trinajstić information content (AvgIpc) is 2.89. The van der Waals surface area contributed by atoms with E-state index in [-0.39, 0.29) is 0 Å². The predicted molar refractivity (Wildman–Crippen MR) is 82.2 cm³/mol. The van der Waals surface area contributed by atoms with Crippen LogP contribution in [0.2, 0.25) is 0 Å². The minimum absolute atomic E-state index is 0.317. The van der Waals surface area contributed by atoms with Crippen LogP contribution in [0.4, 0.5) is 0 Å². The Kier molecular flexibility index (Phi) is 4.19. The molecular formula is C15H21BrN2O2. The molecule has 0 bridgehead atoms. The topological polar surface area (TPSA) is 33.7 Å². The van der Waals surface area contributed by atoms with Gasteiger partial charge in [-0.2, -0.15) is 0 Å². The van der Waals surface area contributed by atoms with Crippen LogP contribution in [0, 0.1) is 0 Å². The van der Waals surface area contributed by atoms with Crippen LogP contribution in [0.5, 0.6) is 11.5 Å². The van der Waals surface area contributed by atoms with Crippen molar-refractivity contribution < 1.29 is 9.47 Å². The molecule has 1 aromatic rings. The number of piperidine rings is 1. The van der Waals surface area contributed by atoms with E-state index in [2.05, 4.69) is 52.3 Å². The molecule has 1 aromatic carbocycles. The number of likely N-dealkylation sites (tertiary alicyclic amines) is 1. The van der Waals surface area contributed by atoms with Gasteiger partial charge in [0.2, 0.25) is 6.79 Å². The summed E-state index contributed by atoms with van der Waals surface area (Å²) in [5, 5.41) is 3.66. The molecule has 2 aliphatic heterocycles. The molecule has 1 saturated heterocycles. The van der Waals surface area contributed by atoms with E-state index in [1.165, 1.54) is 24.9 Å². The molecule has 2 aliphatic rings. The molecule has 5 heteroatoms. The first-order valence-corrected chi connectivity index (χ1v) is 7.94. The molecule has 1 fully saturated rings. The summed E-state index contributed by atoms with van der Waals surface area (Å²) in [7, 11) is 2.20. The first-order chi connectivity index (χ1) is 9.63. The second kappa shape index (κ2) is 5.92. The molecular weight excluding hydrogens is 320 g/mol. The molecule has 4 nitrogen and oxygen atoms in total. The highest BCUT2D eigenvalue weighted by Crippen LogP contribution is 2.40. The monoisotopic (exact) mass is 340 g/mol. The van der Waals surface area contributed by atoms with Gasteiger partial charge >= 0.3 is 0 Å². The normalized spacial score (nSPS) is 25.9. The Bertz CT molecular complexity index is 495. The van der Waals surface area contributed by atoms with E-state index in [0.717, 1.165) is 22.5 Å². The number of rotatable bonds is 3. The Morgan fingerprint density at radius 3 is 3.05 bits per heavy atom. The lowest BCUT2D eigenvalue weighted by Crippen LogP contribution is -2.45. The van der Waals surface area contributed by atoms with Crippen molar-refractivity contribution in [3.05, 3.63) is 22.2 Å². The SMILES string of the molecule is CC1CC(NCc2cc(Br)c3c(c2)OCO3)CCN1C. The molecule has 0 radical (unpaired) electrons. The summed E-state index contributed by atoms with van der Waals surface area (Å²) in [6, 6.07) is 5.44.